The zero-order valence-electron chi connectivity index (χ0n) is 16.2. The van der Waals surface area contributed by atoms with Crippen molar-refractivity contribution in [3.05, 3.63) is 46.7 Å². The molecule has 0 saturated heterocycles. The molecule has 0 radical (unpaired) electrons. The minimum Gasteiger partial charge on any atom is -0.493 e. The zero-order chi connectivity index (χ0) is 20.4. The maximum absolute atomic E-state index is 12.8. The average molecular weight is 384 g/mol. The van der Waals surface area contributed by atoms with Crippen molar-refractivity contribution in [1.82, 2.24) is 0 Å². The summed E-state index contributed by atoms with van der Waals surface area (Å²) in [5.41, 5.74) is 1.74. The van der Waals surface area contributed by atoms with Crippen LogP contribution >= 0.6 is 0 Å². The van der Waals surface area contributed by atoms with E-state index < -0.39 is 5.97 Å². The van der Waals surface area contributed by atoms with Crippen LogP contribution in [0.5, 0.6) is 28.7 Å². The highest BCUT2D eigenvalue weighted by atomic mass is 16.5. The van der Waals surface area contributed by atoms with Crippen LogP contribution in [0, 0.1) is 6.92 Å². The predicted octanol–water partition coefficient (Wildman–Crippen LogP) is 3.56. The minimum absolute atomic E-state index is 0.146. The third-order valence-corrected chi connectivity index (χ3v) is 4.19. The van der Waals surface area contributed by atoms with E-state index in [1.54, 1.807) is 31.2 Å². The van der Waals surface area contributed by atoms with Gasteiger partial charge in [-0.15, -0.1) is 0 Å². The fraction of sp³-hybridized carbons (Fsp3) is 0.238. The Bertz CT molecular complexity index is 963. The molecule has 0 atom stereocenters. The second-order valence-corrected chi connectivity index (χ2v) is 6.11. The van der Waals surface area contributed by atoms with Crippen LogP contribution in [0.25, 0.3) is 6.08 Å². The molecule has 0 fully saturated rings. The summed E-state index contributed by atoms with van der Waals surface area (Å²) in [6, 6.07) is 6.58. The monoisotopic (exact) mass is 384 g/mol. The van der Waals surface area contributed by atoms with Gasteiger partial charge in [-0.25, -0.2) is 0 Å². The first-order chi connectivity index (χ1) is 13.4. The lowest BCUT2D eigenvalue weighted by Crippen LogP contribution is -2.02. The van der Waals surface area contributed by atoms with Crippen LogP contribution in [0.4, 0.5) is 0 Å². The highest BCUT2D eigenvalue weighted by Gasteiger charge is 2.30. The predicted molar refractivity (Wildman–Crippen MR) is 102 cm³/mol. The highest BCUT2D eigenvalue weighted by molar-refractivity contribution is 6.15. The topological polar surface area (TPSA) is 80.3 Å². The summed E-state index contributed by atoms with van der Waals surface area (Å²) in [5.74, 6) is 1.50. The molecule has 1 aliphatic rings. The first kappa shape index (κ1) is 19.3. The minimum atomic E-state index is -0.447. The van der Waals surface area contributed by atoms with Crippen molar-refractivity contribution >= 4 is 17.8 Å². The molecule has 0 aliphatic carbocycles. The maximum atomic E-state index is 12.8. The van der Waals surface area contributed by atoms with Crippen LogP contribution in [-0.4, -0.2) is 33.1 Å². The first-order valence-corrected chi connectivity index (χ1v) is 8.45. The first-order valence-electron chi connectivity index (χ1n) is 8.45. The normalized spacial score (nSPS) is 13.8. The van der Waals surface area contributed by atoms with Gasteiger partial charge < -0.3 is 23.7 Å². The molecule has 1 aliphatic heterocycles. The SMILES string of the molecule is COc1cc(/C=C2\Oc3cc(OC(C)=O)cc(C)c3C2=O)cc(OC)c1OC. The number of rotatable bonds is 5. The molecular formula is C21H20O7. The van der Waals surface area contributed by atoms with Gasteiger partial charge in [0.1, 0.15) is 11.5 Å². The third kappa shape index (κ3) is 3.51. The molecule has 3 rings (SSSR count). The number of hydrogen-bond donors (Lipinski definition) is 0. The van der Waals surface area contributed by atoms with Crippen molar-refractivity contribution in [1.29, 1.82) is 0 Å². The van der Waals surface area contributed by atoms with E-state index in [4.69, 9.17) is 23.7 Å². The fourth-order valence-corrected chi connectivity index (χ4v) is 3.04. The smallest absolute Gasteiger partial charge is 0.308 e. The van der Waals surface area contributed by atoms with Crippen molar-refractivity contribution < 1.29 is 33.3 Å². The van der Waals surface area contributed by atoms with Crippen molar-refractivity contribution in [3.8, 4) is 28.7 Å². The van der Waals surface area contributed by atoms with E-state index in [2.05, 4.69) is 0 Å². The molecule has 7 heteroatoms. The second kappa shape index (κ2) is 7.64. The summed E-state index contributed by atoms with van der Waals surface area (Å²) < 4.78 is 26.8. The maximum Gasteiger partial charge on any atom is 0.308 e. The van der Waals surface area contributed by atoms with Gasteiger partial charge in [-0.2, -0.15) is 0 Å². The Morgan fingerprint density at radius 2 is 1.64 bits per heavy atom. The number of hydrogen-bond acceptors (Lipinski definition) is 7. The number of benzene rings is 2. The van der Waals surface area contributed by atoms with Gasteiger partial charge >= 0.3 is 5.97 Å². The van der Waals surface area contributed by atoms with Crippen LogP contribution < -0.4 is 23.7 Å². The molecule has 0 saturated carbocycles. The van der Waals surface area contributed by atoms with Gasteiger partial charge in [0.2, 0.25) is 11.5 Å². The standard InChI is InChI=1S/C21H20O7/c1-11-6-14(27-12(2)22)10-15-19(11)20(23)16(28-15)7-13-8-17(24-3)21(26-5)18(9-13)25-4/h6-10H,1-5H3/b16-7-. The Balaban J connectivity index is 2.01. The molecule has 146 valence electrons. The summed E-state index contributed by atoms with van der Waals surface area (Å²) >= 11 is 0. The van der Waals surface area contributed by atoms with Gasteiger partial charge in [-0.1, -0.05) is 0 Å². The number of ketones is 1. The zero-order valence-corrected chi connectivity index (χ0v) is 16.2. The summed E-state index contributed by atoms with van der Waals surface area (Å²) in [5, 5.41) is 0. The summed E-state index contributed by atoms with van der Waals surface area (Å²) in [7, 11) is 4.55. The summed E-state index contributed by atoms with van der Waals surface area (Å²) in [4.78, 5) is 24.0. The number of ether oxygens (including phenoxy) is 5. The molecule has 1 heterocycles. The fourth-order valence-electron chi connectivity index (χ4n) is 3.04. The van der Waals surface area contributed by atoms with Crippen LogP contribution in [0.2, 0.25) is 0 Å². The van der Waals surface area contributed by atoms with Gasteiger partial charge in [0.05, 0.1) is 26.9 Å². The number of esters is 1. The Morgan fingerprint density at radius 3 is 2.18 bits per heavy atom. The van der Waals surface area contributed by atoms with Gasteiger partial charge in [0.25, 0.3) is 0 Å². The molecule has 0 N–H and O–H groups in total. The van der Waals surface area contributed by atoms with Gasteiger partial charge in [-0.05, 0) is 42.3 Å². The number of carbonyl (C=O) groups is 2. The largest absolute Gasteiger partial charge is 0.493 e. The number of Topliss-reactive ketones (excluding diaryl/α,β-unsaturated/α-hetero) is 1. The van der Waals surface area contributed by atoms with Crippen molar-refractivity contribution in [2.45, 2.75) is 13.8 Å². The molecule has 2 aromatic rings. The van der Waals surface area contributed by atoms with Crippen molar-refractivity contribution in [2.24, 2.45) is 0 Å². The summed E-state index contributed by atoms with van der Waals surface area (Å²) in [6.07, 6.45) is 1.59. The quantitative estimate of drug-likeness (QED) is 0.443. The lowest BCUT2D eigenvalue weighted by atomic mass is 10.0. The second-order valence-electron chi connectivity index (χ2n) is 6.11. The molecule has 2 aromatic carbocycles. The van der Waals surface area contributed by atoms with E-state index in [9.17, 15) is 9.59 Å². The van der Waals surface area contributed by atoms with Crippen molar-refractivity contribution in [3.63, 3.8) is 0 Å². The van der Waals surface area contributed by atoms with Crippen LogP contribution in [0.15, 0.2) is 30.0 Å². The lowest BCUT2D eigenvalue weighted by molar-refractivity contribution is -0.131. The van der Waals surface area contributed by atoms with E-state index in [0.717, 1.165) is 0 Å². The number of aryl methyl sites for hydroxylation is 1. The Kier molecular flexibility index (Phi) is 5.26. The average Bonchev–Trinajstić information content (AvgIpc) is 2.95. The van der Waals surface area contributed by atoms with E-state index in [1.165, 1.54) is 34.3 Å². The van der Waals surface area contributed by atoms with E-state index >= 15 is 0 Å². The molecule has 0 aromatic heterocycles. The Labute approximate surface area is 162 Å². The van der Waals surface area contributed by atoms with Crippen LogP contribution in [0.3, 0.4) is 0 Å². The number of allylic oxidation sites excluding steroid dienone is 1. The van der Waals surface area contributed by atoms with E-state index in [0.29, 0.717) is 45.4 Å². The number of carbonyl (C=O) groups excluding carboxylic acids is 2. The number of fused-ring (bicyclic) bond motifs is 1. The van der Waals surface area contributed by atoms with E-state index in [1.807, 2.05) is 0 Å². The molecule has 28 heavy (non-hydrogen) atoms. The lowest BCUT2D eigenvalue weighted by Gasteiger charge is -2.13. The van der Waals surface area contributed by atoms with Gasteiger partial charge in [0.15, 0.2) is 17.3 Å². The number of methoxy groups -OCH3 is 3. The molecule has 0 amide bonds. The van der Waals surface area contributed by atoms with Crippen LogP contribution in [0.1, 0.15) is 28.4 Å². The van der Waals surface area contributed by atoms with Crippen molar-refractivity contribution in [2.75, 3.05) is 21.3 Å². The highest BCUT2D eigenvalue weighted by Crippen LogP contribution is 2.41. The molecular weight excluding hydrogens is 364 g/mol. The third-order valence-electron chi connectivity index (χ3n) is 4.19. The Hall–Kier alpha value is -3.48. The molecule has 0 unspecified atom stereocenters. The molecule has 0 spiro atoms. The molecule has 0 bridgehead atoms. The van der Waals surface area contributed by atoms with Gasteiger partial charge in [0, 0.05) is 13.0 Å². The van der Waals surface area contributed by atoms with Gasteiger partial charge in [-0.3, -0.25) is 9.59 Å². The van der Waals surface area contributed by atoms with Crippen LogP contribution in [-0.2, 0) is 4.79 Å². The van der Waals surface area contributed by atoms with E-state index in [-0.39, 0.29) is 11.5 Å². The summed E-state index contributed by atoms with van der Waals surface area (Å²) in [6.45, 7) is 3.07. The Morgan fingerprint density at radius 1 is 1.00 bits per heavy atom. The molecule has 7 nitrogen and oxygen atoms in total.